The Morgan fingerprint density at radius 3 is 2.61 bits per heavy atom. The molecule has 2 amide bonds. The summed E-state index contributed by atoms with van der Waals surface area (Å²) in [5.41, 5.74) is 4.06. The highest BCUT2D eigenvalue weighted by molar-refractivity contribution is 6.12. The molecule has 0 saturated carbocycles. The Morgan fingerprint density at radius 2 is 1.83 bits per heavy atom. The number of rotatable bonds is 6. The van der Waals surface area contributed by atoms with E-state index < -0.39 is 6.17 Å². The van der Waals surface area contributed by atoms with E-state index in [1.54, 1.807) is 23.0 Å². The molecule has 1 N–H and O–H groups in total. The molecular formula is C28H29N3O5. The van der Waals surface area contributed by atoms with E-state index in [0.29, 0.717) is 43.4 Å². The SMILES string of the molecule is COc1cc(C2Nc3ccccc3C(=O)N2c2cccc(C)c2)ccc1OCC(=O)N1CCOCC1. The monoisotopic (exact) mass is 487 g/mol. The van der Waals surface area contributed by atoms with Crippen molar-refractivity contribution in [3.05, 3.63) is 83.4 Å². The minimum absolute atomic E-state index is 0.0847. The molecule has 3 aromatic rings. The van der Waals surface area contributed by atoms with Gasteiger partial charge >= 0.3 is 0 Å². The Balaban J connectivity index is 1.44. The third-order valence-corrected chi connectivity index (χ3v) is 6.42. The maximum absolute atomic E-state index is 13.6. The maximum atomic E-state index is 13.6. The summed E-state index contributed by atoms with van der Waals surface area (Å²) in [6, 6.07) is 20.9. The van der Waals surface area contributed by atoms with Crippen LogP contribution in [-0.4, -0.2) is 56.7 Å². The standard InChI is InChI=1S/C28H29N3O5/c1-19-6-5-7-21(16-19)31-27(29-23-9-4-3-8-22(23)28(31)33)20-10-11-24(25(17-20)34-2)36-18-26(32)30-12-14-35-15-13-30/h3-11,16-17,27,29H,12-15,18H2,1-2H3. The fourth-order valence-corrected chi connectivity index (χ4v) is 4.55. The first-order valence-corrected chi connectivity index (χ1v) is 12.0. The largest absolute Gasteiger partial charge is 0.493 e. The van der Waals surface area contributed by atoms with Crippen molar-refractivity contribution in [2.24, 2.45) is 0 Å². The van der Waals surface area contributed by atoms with Crippen molar-refractivity contribution < 1.29 is 23.8 Å². The van der Waals surface area contributed by atoms with Crippen molar-refractivity contribution in [2.45, 2.75) is 13.1 Å². The van der Waals surface area contributed by atoms with Crippen LogP contribution < -0.4 is 19.7 Å². The van der Waals surface area contributed by atoms with Gasteiger partial charge in [0.2, 0.25) is 0 Å². The number of amides is 2. The second kappa shape index (κ2) is 10.3. The van der Waals surface area contributed by atoms with Crippen molar-refractivity contribution in [3.8, 4) is 11.5 Å². The molecule has 8 heteroatoms. The molecule has 186 valence electrons. The van der Waals surface area contributed by atoms with E-state index in [2.05, 4.69) is 5.32 Å². The molecule has 36 heavy (non-hydrogen) atoms. The molecular weight excluding hydrogens is 458 g/mol. The van der Waals surface area contributed by atoms with E-state index in [1.807, 2.05) is 67.6 Å². The molecule has 0 spiro atoms. The Kier molecular flexibility index (Phi) is 6.77. The average Bonchev–Trinajstić information content (AvgIpc) is 2.92. The van der Waals surface area contributed by atoms with Crippen molar-refractivity contribution in [2.75, 3.05) is 50.2 Å². The highest BCUT2D eigenvalue weighted by atomic mass is 16.5. The van der Waals surface area contributed by atoms with Crippen LogP contribution in [0.1, 0.15) is 27.7 Å². The van der Waals surface area contributed by atoms with Gasteiger partial charge in [-0.05, 0) is 54.4 Å². The summed E-state index contributed by atoms with van der Waals surface area (Å²) in [5, 5.41) is 3.51. The van der Waals surface area contributed by atoms with E-state index in [-0.39, 0.29) is 18.4 Å². The lowest BCUT2D eigenvalue weighted by molar-refractivity contribution is -0.137. The highest BCUT2D eigenvalue weighted by Crippen LogP contribution is 2.39. The summed E-state index contributed by atoms with van der Waals surface area (Å²) in [4.78, 5) is 29.6. The molecule has 1 fully saturated rings. The highest BCUT2D eigenvalue weighted by Gasteiger charge is 2.34. The van der Waals surface area contributed by atoms with Gasteiger partial charge in [-0.3, -0.25) is 14.5 Å². The number of para-hydroxylation sites is 1. The molecule has 0 aromatic heterocycles. The molecule has 5 rings (SSSR count). The van der Waals surface area contributed by atoms with E-state index in [1.165, 1.54) is 0 Å². The van der Waals surface area contributed by atoms with Gasteiger partial charge in [-0.1, -0.05) is 30.3 Å². The first-order chi connectivity index (χ1) is 17.5. The Labute approximate surface area is 210 Å². The van der Waals surface area contributed by atoms with Crippen LogP contribution in [0.3, 0.4) is 0 Å². The molecule has 3 aromatic carbocycles. The van der Waals surface area contributed by atoms with Gasteiger partial charge in [0.25, 0.3) is 11.8 Å². The van der Waals surface area contributed by atoms with E-state index in [9.17, 15) is 9.59 Å². The molecule has 8 nitrogen and oxygen atoms in total. The maximum Gasteiger partial charge on any atom is 0.262 e. The lowest BCUT2D eigenvalue weighted by atomic mass is 10.0. The predicted octanol–water partition coefficient (Wildman–Crippen LogP) is 4.01. The molecule has 2 aliphatic heterocycles. The molecule has 0 bridgehead atoms. The first-order valence-electron chi connectivity index (χ1n) is 12.0. The third kappa shape index (κ3) is 4.72. The van der Waals surface area contributed by atoms with E-state index in [4.69, 9.17) is 14.2 Å². The topological polar surface area (TPSA) is 80.3 Å². The predicted molar refractivity (Wildman–Crippen MR) is 137 cm³/mol. The molecule has 1 unspecified atom stereocenters. The van der Waals surface area contributed by atoms with Gasteiger partial charge in [0.15, 0.2) is 18.1 Å². The fourth-order valence-electron chi connectivity index (χ4n) is 4.55. The van der Waals surface area contributed by atoms with Gasteiger partial charge in [-0.15, -0.1) is 0 Å². The number of ether oxygens (including phenoxy) is 3. The summed E-state index contributed by atoms with van der Waals surface area (Å²) in [6.07, 6.45) is -0.466. The lowest BCUT2D eigenvalue weighted by Gasteiger charge is -2.38. The van der Waals surface area contributed by atoms with Gasteiger partial charge in [-0.2, -0.15) is 0 Å². The van der Waals surface area contributed by atoms with Crippen molar-refractivity contribution >= 4 is 23.2 Å². The first kappa shape index (κ1) is 23.7. The number of carbonyl (C=O) groups excluding carboxylic acids is 2. The molecule has 2 aliphatic rings. The van der Waals surface area contributed by atoms with Crippen LogP contribution in [-0.2, 0) is 9.53 Å². The van der Waals surface area contributed by atoms with Crippen LogP contribution >= 0.6 is 0 Å². The molecule has 2 heterocycles. The van der Waals surface area contributed by atoms with Crippen LogP contribution in [0.2, 0.25) is 0 Å². The van der Waals surface area contributed by atoms with Gasteiger partial charge in [0.05, 0.1) is 25.9 Å². The van der Waals surface area contributed by atoms with Crippen molar-refractivity contribution in [1.82, 2.24) is 4.90 Å². The Morgan fingerprint density at radius 1 is 1.03 bits per heavy atom. The number of hydrogen-bond donors (Lipinski definition) is 1. The van der Waals surface area contributed by atoms with Crippen LogP contribution in [0.5, 0.6) is 11.5 Å². The Hall–Kier alpha value is -4.04. The van der Waals surface area contributed by atoms with Crippen LogP contribution in [0.4, 0.5) is 11.4 Å². The molecule has 0 radical (unpaired) electrons. The summed E-state index contributed by atoms with van der Waals surface area (Å²) in [6.45, 7) is 4.13. The molecule has 1 atom stereocenters. The van der Waals surface area contributed by atoms with Crippen molar-refractivity contribution in [3.63, 3.8) is 0 Å². The summed E-state index contributed by atoms with van der Waals surface area (Å²) < 4.78 is 16.7. The summed E-state index contributed by atoms with van der Waals surface area (Å²) >= 11 is 0. The quantitative estimate of drug-likeness (QED) is 0.566. The van der Waals surface area contributed by atoms with Gasteiger partial charge in [-0.25, -0.2) is 0 Å². The van der Waals surface area contributed by atoms with Gasteiger partial charge in [0.1, 0.15) is 6.17 Å². The second-order valence-electron chi connectivity index (χ2n) is 8.80. The van der Waals surface area contributed by atoms with Gasteiger partial charge in [0, 0.05) is 24.5 Å². The fraction of sp³-hybridized carbons (Fsp3) is 0.286. The second-order valence-corrected chi connectivity index (χ2v) is 8.80. The number of morpholine rings is 1. The zero-order valence-corrected chi connectivity index (χ0v) is 20.4. The Bertz CT molecular complexity index is 1270. The molecule has 0 aliphatic carbocycles. The third-order valence-electron chi connectivity index (χ3n) is 6.42. The number of benzene rings is 3. The van der Waals surface area contributed by atoms with E-state index in [0.717, 1.165) is 22.5 Å². The summed E-state index contributed by atoms with van der Waals surface area (Å²) in [5.74, 6) is 0.772. The van der Waals surface area contributed by atoms with Crippen LogP contribution in [0.15, 0.2) is 66.7 Å². The number of carbonyl (C=O) groups is 2. The molecule has 1 saturated heterocycles. The van der Waals surface area contributed by atoms with Crippen LogP contribution in [0, 0.1) is 6.92 Å². The normalized spacial score (nSPS) is 17.3. The number of methoxy groups -OCH3 is 1. The average molecular weight is 488 g/mol. The number of fused-ring (bicyclic) bond motifs is 1. The zero-order chi connectivity index (χ0) is 25.1. The van der Waals surface area contributed by atoms with Crippen molar-refractivity contribution in [1.29, 1.82) is 0 Å². The minimum atomic E-state index is -0.466. The van der Waals surface area contributed by atoms with Gasteiger partial charge < -0.3 is 24.4 Å². The number of nitrogens with one attached hydrogen (secondary N) is 1. The number of anilines is 2. The smallest absolute Gasteiger partial charge is 0.262 e. The van der Waals surface area contributed by atoms with Crippen LogP contribution in [0.25, 0.3) is 0 Å². The summed E-state index contributed by atoms with van der Waals surface area (Å²) in [7, 11) is 1.56. The number of nitrogens with zero attached hydrogens (tertiary/aromatic N) is 2. The van der Waals surface area contributed by atoms with E-state index >= 15 is 0 Å². The zero-order valence-electron chi connectivity index (χ0n) is 20.4. The minimum Gasteiger partial charge on any atom is -0.493 e. The number of aryl methyl sites for hydroxylation is 1. The number of hydrogen-bond acceptors (Lipinski definition) is 6. The lowest BCUT2D eigenvalue weighted by Crippen LogP contribution is -2.43.